The number of esters is 1. The van der Waals surface area contributed by atoms with Crippen molar-refractivity contribution >= 4 is 29.0 Å². The molecule has 7 nitrogen and oxygen atoms in total. The first-order chi connectivity index (χ1) is 12.7. The lowest BCUT2D eigenvalue weighted by Gasteiger charge is -2.24. The second-order valence-corrected chi connectivity index (χ2v) is 6.43. The van der Waals surface area contributed by atoms with Crippen LogP contribution in [0.25, 0.3) is 0 Å². The smallest absolute Gasteiger partial charge is 0.373 e. The molecule has 3 rings (SSSR count). The molecule has 0 unspecified atom stereocenters. The van der Waals surface area contributed by atoms with Crippen LogP contribution < -0.4 is 5.32 Å². The van der Waals surface area contributed by atoms with Gasteiger partial charge in [0.25, 0.3) is 0 Å². The van der Waals surface area contributed by atoms with Gasteiger partial charge in [-0.25, -0.2) is 4.79 Å². The molecule has 1 aliphatic heterocycles. The monoisotopic (exact) mass is 374 g/mol. The maximum Gasteiger partial charge on any atom is 0.373 e. The Hall–Kier alpha value is -2.45. The summed E-state index contributed by atoms with van der Waals surface area (Å²) in [5, 5.41) is 3.95. The largest absolute Gasteiger partial charge is 0.463 e. The first-order valence-corrected chi connectivity index (χ1v) is 8.92. The number of carbonyl (C=O) groups excluding carboxylic acids is 1. The quantitative estimate of drug-likeness (QED) is 0.646. The van der Waals surface area contributed by atoms with Crippen LogP contribution in [0.2, 0.25) is 0 Å². The molecular weight excluding hydrogens is 352 g/mol. The molecule has 138 valence electrons. The van der Waals surface area contributed by atoms with Gasteiger partial charge in [-0.05, 0) is 42.9 Å². The molecular formula is C18H22N4O3S. The second kappa shape index (κ2) is 8.77. The van der Waals surface area contributed by atoms with Gasteiger partial charge in [-0.15, -0.1) is 0 Å². The van der Waals surface area contributed by atoms with E-state index in [2.05, 4.69) is 24.8 Å². The fourth-order valence-corrected chi connectivity index (χ4v) is 3.17. The number of methoxy groups -OCH3 is 1. The van der Waals surface area contributed by atoms with Gasteiger partial charge in [-0.1, -0.05) is 0 Å². The summed E-state index contributed by atoms with van der Waals surface area (Å²) in [4.78, 5) is 20.0. The topological polar surface area (TPSA) is 70.8 Å². The van der Waals surface area contributed by atoms with Crippen LogP contribution in [-0.2, 0) is 11.3 Å². The lowest BCUT2D eigenvalue weighted by molar-refractivity contribution is 0.0561. The third-order valence-electron chi connectivity index (χ3n) is 4.22. The van der Waals surface area contributed by atoms with E-state index in [-0.39, 0.29) is 5.76 Å². The Kier molecular flexibility index (Phi) is 6.19. The van der Waals surface area contributed by atoms with Crippen LogP contribution in [0.4, 0.5) is 5.69 Å². The van der Waals surface area contributed by atoms with Gasteiger partial charge in [0.15, 0.2) is 5.11 Å². The molecule has 26 heavy (non-hydrogen) atoms. The molecule has 0 aliphatic carbocycles. The van der Waals surface area contributed by atoms with Crippen LogP contribution >= 0.6 is 12.2 Å². The highest BCUT2D eigenvalue weighted by Crippen LogP contribution is 2.14. The van der Waals surface area contributed by atoms with E-state index >= 15 is 0 Å². The van der Waals surface area contributed by atoms with Crippen LogP contribution in [0.5, 0.6) is 0 Å². The Labute approximate surface area is 157 Å². The molecule has 2 aromatic heterocycles. The molecule has 0 spiro atoms. The van der Waals surface area contributed by atoms with Crippen molar-refractivity contribution in [1.82, 2.24) is 14.8 Å². The number of ether oxygens (including phenoxy) is 1. The van der Waals surface area contributed by atoms with Crippen LogP contribution in [-0.4, -0.2) is 59.2 Å². The maximum atomic E-state index is 11.5. The highest BCUT2D eigenvalue weighted by atomic mass is 32.1. The molecule has 0 atom stereocenters. The Morgan fingerprint density at radius 1 is 1.31 bits per heavy atom. The number of carbonyl (C=O) groups is 1. The summed E-state index contributed by atoms with van der Waals surface area (Å²) in [6.45, 7) is 4.20. The lowest BCUT2D eigenvalue weighted by atomic mass is 10.3. The van der Waals surface area contributed by atoms with Crippen molar-refractivity contribution in [2.24, 2.45) is 0 Å². The molecule has 0 radical (unpaired) electrons. The van der Waals surface area contributed by atoms with Gasteiger partial charge in [-0.3, -0.25) is 9.88 Å². The van der Waals surface area contributed by atoms with E-state index in [1.807, 2.05) is 18.2 Å². The Morgan fingerprint density at radius 2 is 2.19 bits per heavy atom. The van der Waals surface area contributed by atoms with Gasteiger partial charge in [0.1, 0.15) is 5.76 Å². The number of nitrogens with one attached hydrogen (secondary N) is 1. The maximum absolute atomic E-state index is 11.5. The third-order valence-corrected chi connectivity index (χ3v) is 4.58. The van der Waals surface area contributed by atoms with E-state index < -0.39 is 5.97 Å². The second-order valence-electron chi connectivity index (χ2n) is 6.05. The van der Waals surface area contributed by atoms with E-state index in [0.29, 0.717) is 11.7 Å². The number of hydrogen-bond acceptors (Lipinski definition) is 6. The first kappa shape index (κ1) is 18.3. The number of anilines is 1. The first-order valence-electron chi connectivity index (χ1n) is 8.51. The van der Waals surface area contributed by atoms with Crippen LogP contribution in [0.15, 0.2) is 41.1 Å². The van der Waals surface area contributed by atoms with Crippen molar-refractivity contribution in [2.45, 2.75) is 13.0 Å². The molecule has 0 amide bonds. The zero-order valence-electron chi connectivity index (χ0n) is 14.7. The summed E-state index contributed by atoms with van der Waals surface area (Å²) in [5.41, 5.74) is 0.893. The molecule has 1 aliphatic rings. The van der Waals surface area contributed by atoms with E-state index in [1.165, 1.54) is 7.11 Å². The summed E-state index contributed by atoms with van der Waals surface area (Å²) in [6.07, 6.45) is 4.49. The highest BCUT2D eigenvalue weighted by Gasteiger charge is 2.19. The fourth-order valence-electron chi connectivity index (χ4n) is 2.86. The van der Waals surface area contributed by atoms with Crippen LogP contribution in [0, 0.1) is 0 Å². The molecule has 1 saturated heterocycles. The number of aromatic nitrogens is 1. The van der Waals surface area contributed by atoms with E-state index in [0.717, 1.165) is 44.0 Å². The number of hydrogen-bond donors (Lipinski definition) is 1. The minimum absolute atomic E-state index is 0.237. The minimum Gasteiger partial charge on any atom is -0.463 e. The summed E-state index contributed by atoms with van der Waals surface area (Å²) in [7, 11) is 1.34. The molecule has 1 N–H and O–H groups in total. The average Bonchev–Trinajstić information content (AvgIpc) is 2.99. The molecule has 3 heterocycles. The predicted octanol–water partition coefficient (Wildman–Crippen LogP) is 2.37. The van der Waals surface area contributed by atoms with Crippen molar-refractivity contribution in [1.29, 1.82) is 0 Å². The molecule has 8 heteroatoms. The number of rotatable bonds is 4. The molecule has 0 bridgehead atoms. The molecule has 1 fully saturated rings. The summed E-state index contributed by atoms with van der Waals surface area (Å²) in [5.74, 6) is 0.542. The fraction of sp³-hybridized carbons (Fsp3) is 0.389. The Balaban J connectivity index is 1.52. The van der Waals surface area contributed by atoms with Crippen LogP contribution in [0.1, 0.15) is 22.7 Å². The SMILES string of the molecule is COC(=O)c1ccc(CN2CCCN(C(=S)Nc3cccnc3)CC2)o1. The number of thiocarbonyl (C=S) groups is 1. The summed E-state index contributed by atoms with van der Waals surface area (Å²) in [6, 6.07) is 7.29. The van der Waals surface area contributed by atoms with Gasteiger partial charge in [0, 0.05) is 32.4 Å². The average molecular weight is 374 g/mol. The van der Waals surface area contributed by atoms with Crippen molar-refractivity contribution in [3.63, 3.8) is 0 Å². The van der Waals surface area contributed by atoms with Crippen molar-refractivity contribution < 1.29 is 13.9 Å². The van der Waals surface area contributed by atoms with E-state index in [9.17, 15) is 4.79 Å². The van der Waals surface area contributed by atoms with E-state index in [1.54, 1.807) is 18.5 Å². The number of nitrogens with zero attached hydrogens (tertiary/aromatic N) is 3. The summed E-state index contributed by atoms with van der Waals surface area (Å²) >= 11 is 5.53. The zero-order valence-corrected chi connectivity index (χ0v) is 15.5. The molecule has 2 aromatic rings. The Morgan fingerprint density at radius 3 is 2.96 bits per heavy atom. The highest BCUT2D eigenvalue weighted by molar-refractivity contribution is 7.80. The van der Waals surface area contributed by atoms with Gasteiger partial charge in [-0.2, -0.15) is 0 Å². The summed E-state index contributed by atoms with van der Waals surface area (Å²) < 4.78 is 10.2. The van der Waals surface area contributed by atoms with Gasteiger partial charge < -0.3 is 19.4 Å². The van der Waals surface area contributed by atoms with Gasteiger partial charge in [0.05, 0.1) is 25.5 Å². The molecule has 0 aromatic carbocycles. The van der Waals surface area contributed by atoms with Crippen molar-refractivity contribution in [3.8, 4) is 0 Å². The van der Waals surface area contributed by atoms with E-state index in [4.69, 9.17) is 16.6 Å². The van der Waals surface area contributed by atoms with Crippen molar-refractivity contribution in [2.75, 3.05) is 38.6 Å². The van der Waals surface area contributed by atoms with Crippen molar-refractivity contribution in [3.05, 3.63) is 48.2 Å². The third kappa shape index (κ3) is 4.80. The molecule has 0 saturated carbocycles. The zero-order chi connectivity index (χ0) is 18.4. The Bertz CT molecular complexity index is 750. The number of furan rings is 1. The standard InChI is InChI=1S/C18H22N4O3S/c1-24-17(23)16-6-5-15(25-16)13-21-8-3-9-22(11-10-21)18(26)20-14-4-2-7-19-12-14/h2,4-7,12H,3,8-11,13H2,1H3,(H,20,26). The predicted molar refractivity (Wildman–Crippen MR) is 102 cm³/mol. The van der Waals surface area contributed by atoms with Gasteiger partial charge in [0.2, 0.25) is 5.76 Å². The normalized spacial score (nSPS) is 15.3. The minimum atomic E-state index is -0.454. The van der Waals surface area contributed by atoms with Crippen LogP contribution in [0.3, 0.4) is 0 Å². The lowest BCUT2D eigenvalue weighted by Crippen LogP contribution is -2.37. The number of pyridine rings is 1. The van der Waals surface area contributed by atoms with Gasteiger partial charge >= 0.3 is 5.97 Å².